The lowest BCUT2D eigenvalue weighted by molar-refractivity contribution is -0.196. The van der Waals surface area contributed by atoms with E-state index >= 15 is 0 Å². The molecule has 5 nitrogen and oxygen atoms in total. The molecule has 0 radical (unpaired) electrons. The molecule has 0 unspecified atom stereocenters. The quantitative estimate of drug-likeness (QED) is 0.197. The fourth-order valence-electron chi connectivity index (χ4n) is 2.75. The van der Waals surface area contributed by atoms with Crippen molar-refractivity contribution in [1.29, 1.82) is 0 Å². The summed E-state index contributed by atoms with van der Waals surface area (Å²) in [6, 6.07) is 0. The lowest BCUT2D eigenvalue weighted by atomic mass is 10.1. The van der Waals surface area contributed by atoms with E-state index in [-0.39, 0.29) is 5.91 Å². The van der Waals surface area contributed by atoms with Crippen LogP contribution in [0.2, 0.25) is 0 Å². The molecular formula is C24H42N2O3. The molecule has 0 aromatic heterocycles. The SMILES string of the molecule is CC/C=C/C/C=C/C/C=C/CCCCCCCC(=O)N(CCNCC)OC(C)=O. The fourth-order valence-corrected chi connectivity index (χ4v) is 2.75. The Morgan fingerprint density at radius 3 is 2.14 bits per heavy atom. The molecule has 0 spiro atoms. The largest absolute Gasteiger partial charge is 0.338 e. The van der Waals surface area contributed by atoms with Crippen molar-refractivity contribution in [3.05, 3.63) is 36.5 Å². The maximum absolute atomic E-state index is 12.2. The van der Waals surface area contributed by atoms with Gasteiger partial charge in [0.25, 0.3) is 5.91 Å². The second-order valence-electron chi connectivity index (χ2n) is 7.03. The number of unbranched alkanes of at least 4 members (excludes halogenated alkanes) is 5. The van der Waals surface area contributed by atoms with Gasteiger partial charge >= 0.3 is 5.97 Å². The molecule has 0 atom stereocenters. The van der Waals surface area contributed by atoms with Crippen LogP contribution in [0.15, 0.2) is 36.5 Å². The van der Waals surface area contributed by atoms with Gasteiger partial charge < -0.3 is 10.2 Å². The predicted molar refractivity (Wildman–Crippen MR) is 121 cm³/mol. The average molecular weight is 407 g/mol. The van der Waals surface area contributed by atoms with Crippen molar-refractivity contribution in [1.82, 2.24) is 10.4 Å². The second kappa shape index (κ2) is 20.8. The Kier molecular flexibility index (Phi) is 19.5. The zero-order valence-corrected chi connectivity index (χ0v) is 18.8. The molecule has 5 heteroatoms. The molecular weight excluding hydrogens is 364 g/mol. The van der Waals surface area contributed by atoms with Gasteiger partial charge in [0.15, 0.2) is 0 Å². The molecule has 166 valence electrons. The van der Waals surface area contributed by atoms with Crippen LogP contribution in [-0.4, -0.2) is 36.6 Å². The molecule has 0 aliphatic rings. The van der Waals surface area contributed by atoms with Crippen molar-refractivity contribution in [2.45, 2.75) is 85.0 Å². The number of amides is 1. The minimum absolute atomic E-state index is 0.112. The minimum atomic E-state index is -0.452. The van der Waals surface area contributed by atoms with Crippen LogP contribution in [0.25, 0.3) is 0 Å². The summed E-state index contributed by atoms with van der Waals surface area (Å²) in [7, 11) is 0. The first kappa shape index (κ1) is 27.1. The van der Waals surface area contributed by atoms with E-state index in [4.69, 9.17) is 4.84 Å². The van der Waals surface area contributed by atoms with Gasteiger partial charge in [0.1, 0.15) is 0 Å². The molecule has 1 amide bonds. The van der Waals surface area contributed by atoms with Gasteiger partial charge in [0.05, 0.1) is 6.54 Å². The highest BCUT2D eigenvalue weighted by molar-refractivity contribution is 5.77. The van der Waals surface area contributed by atoms with Gasteiger partial charge in [-0.3, -0.25) is 9.59 Å². The standard InChI is InChI=1S/C24H42N2O3/c1-4-6-7-8-9-10-11-12-13-14-15-16-17-18-19-20-24(28)26(29-23(3)27)22-21-25-5-2/h6-7,9-10,12-13,25H,4-5,8,11,14-22H2,1-3H3/b7-6+,10-9+,13-12+. The monoisotopic (exact) mass is 406 g/mol. The summed E-state index contributed by atoms with van der Waals surface area (Å²) in [6.07, 6.45) is 23.4. The van der Waals surface area contributed by atoms with E-state index in [0.717, 1.165) is 51.5 Å². The van der Waals surface area contributed by atoms with E-state index < -0.39 is 5.97 Å². The number of hydrogen-bond acceptors (Lipinski definition) is 4. The first-order valence-electron chi connectivity index (χ1n) is 11.3. The summed E-state index contributed by atoms with van der Waals surface area (Å²) in [5, 5.41) is 4.33. The lowest BCUT2D eigenvalue weighted by Crippen LogP contribution is -2.38. The van der Waals surface area contributed by atoms with E-state index in [9.17, 15) is 9.59 Å². The van der Waals surface area contributed by atoms with Gasteiger partial charge in [0, 0.05) is 19.9 Å². The van der Waals surface area contributed by atoms with Crippen LogP contribution in [0, 0.1) is 0 Å². The molecule has 0 saturated heterocycles. The average Bonchev–Trinajstić information content (AvgIpc) is 2.69. The van der Waals surface area contributed by atoms with Gasteiger partial charge in [-0.05, 0) is 45.1 Å². The number of carbonyl (C=O) groups is 2. The number of nitrogens with zero attached hydrogens (tertiary/aromatic N) is 1. The van der Waals surface area contributed by atoms with E-state index in [1.165, 1.54) is 24.8 Å². The third kappa shape index (κ3) is 19.2. The third-order valence-electron chi connectivity index (χ3n) is 4.30. The molecule has 0 fully saturated rings. The molecule has 29 heavy (non-hydrogen) atoms. The van der Waals surface area contributed by atoms with Crippen molar-refractivity contribution in [2.24, 2.45) is 0 Å². The van der Waals surface area contributed by atoms with Crippen LogP contribution in [0.5, 0.6) is 0 Å². The normalized spacial score (nSPS) is 11.7. The first-order chi connectivity index (χ1) is 14.1. The number of likely N-dealkylation sites (N-methyl/N-ethyl adjacent to an activating group) is 1. The van der Waals surface area contributed by atoms with Crippen LogP contribution in [0.4, 0.5) is 0 Å². The van der Waals surface area contributed by atoms with E-state index in [1.807, 2.05) is 6.92 Å². The zero-order chi connectivity index (χ0) is 21.6. The van der Waals surface area contributed by atoms with Crippen molar-refractivity contribution >= 4 is 11.9 Å². The summed E-state index contributed by atoms with van der Waals surface area (Å²) in [5.74, 6) is -0.564. The number of hydroxylamine groups is 2. The molecule has 0 aromatic rings. The van der Waals surface area contributed by atoms with Gasteiger partial charge in [-0.2, -0.15) is 5.06 Å². The van der Waals surface area contributed by atoms with Gasteiger partial charge in [-0.15, -0.1) is 0 Å². The fraction of sp³-hybridized carbons (Fsp3) is 0.667. The highest BCUT2D eigenvalue weighted by Gasteiger charge is 2.15. The van der Waals surface area contributed by atoms with Crippen LogP contribution in [0.3, 0.4) is 0 Å². The van der Waals surface area contributed by atoms with E-state index in [0.29, 0.717) is 19.5 Å². The maximum atomic E-state index is 12.2. The number of nitrogens with one attached hydrogen (secondary N) is 1. The smallest absolute Gasteiger partial charge is 0.329 e. The van der Waals surface area contributed by atoms with Gasteiger partial charge in [0.2, 0.25) is 0 Å². The molecule has 0 aliphatic carbocycles. The number of allylic oxidation sites excluding steroid dienone is 6. The second-order valence-corrected chi connectivity index (χ2v) is 7.03. The van der Waals surface area contributed by atoms with Crippen molar-refractivity contribution in [3.8, 4) is 0 Å². The van der Waals surface area contributed by atoms with Crippen LogP contribution in [-0.2, 0) is 14.4 Å². The molecule has 0 bridgehead atoms. The Bertz CT molecular complexity index is 498. The van der Waals surface area contributed by atoms with E-state index in [2.05, 4.69) is 48.7 Å². The summed E-state index contributed by atoms with van der Waals surface area (Å²) < 4.78 is 0. The van der Waals surface area contributed by atoms with Crippen molar-refractivity contribution in [3.63, 3.8) is 0 Å². The molecule has 0 aliphatic heterocycles. The highest BCUT2D eigenvalue weighted by atomic mass is 16.7. The van der Waals surface area contributed by atoms with E-state index in [1.54, 1.807) is 0 Å². The maximum Gasteiger partial charge on any atom is 0.329 e. The summed E-state index contributed by atoms with van der Waals surface area (Å²) >= 11 is 0. The number of rotatable bonds is 17. The lowest BCUT2D eigenvalue weighted by Gasteiger charge is -2.20. The number of hydrogen-bond donors (Lipinski definition) is 1. The van der Waals surface area contributed by atoms with Crippen LogP contribution >= 0.6 is 0 Å². The predicted octanol–water partition coefficient (Wildman–Crippen LogP) is 5.49. The number of carbonyl (C=O) groups excluding carboxylic acids is 2. The Morgan fingerprint density at radius 1 is 0.862 bits per heavy atom. The Balaban J connectivity index is 3.70. The summed E-state index contributed by atoms with van der Waals surface area (Å²) in [6.45, 7) is 7.30. The summed E-state index contributed by atoms with van der Waals surface area (Å²) in [4.78, 5) is 28.4. The molecule has 0 saturated carbocycles. The van der Waals surface area contributed by atoms with Crippen LogP contribution in [0.1, 0.15) is 85.0 Å². The zero-order valence-electron chi connectivity index (χ0n) is 18.8. The van der Waals surface area contributed by atoms with Crippen LogP contribution < -0.4 is 5.32 Å². The molecule has 1 N–H and O–H groups in total. The van der Waals surface area contributed by atoms with Crippen molar-refractivity contribution < 1.29 is 14.4 Å². The highest BCUT2D eigenvalue weighted by Crippen LogP contribution is 2.09. The topological polar surface area (TPSA) is 58.6 Å². The molecule has 0 aromatic carbocycles. The Morgan fingerprint density at radius 2 is 1.48 bits per heavy atom. The third-order valence-corrected chi connectivity index (χ3v) is 4.30. The summed E-state index contributed by atoms with van der Waals surface area (Å²) in [5.41, 5.74) is 0. The molecule has 0 heterocycles. The Hall–Kier alpha value is -1.88. The molecule has 0 rings (SSSR count). The van der Waals surface area contributed by atoms with Crippen molar-refractivity contribution in [2.75, 3.05) is 19.6 Å². The van der Waals surface area contributed by atoms with Gasteiger partial charge in [-0.1, -0.05) is 69.6 Å². The Labute approximate surface area is 178 Å². The van der Waals surface area contributed by atoms with Gasteiger partial charge in [-0.25, -0.2) is 0 Å². The minimum Gasteiger partial charge on any atom is -0.338 e. The first-order valence-corrected chi connectivity index (χ1v) is 11.3.